The van der Waals surface area contributed by atoms with Crippen LogP contribution in [0, 0.1) is 18.6 Å². The molecule has 0 spiro atoms. The van der Waals surface area contributed by atoms with Gasteiger partial charge in [0.05, 0.1) is 25.0 Å². The van der Waals surface area contributed by atoms with Crippen LogP contribution in [-0.2, 0) is 14.6 Å². The number of ether oxygens (including phenoxy) is 1. The molecule has 0 amide bonds. The molecule has 0 bridgehead atoms. The van der Waals surface area contributed by atoms with Gasteiger partial charge < -0.3 is 20.7 Å². The number of benzene rings is 1. The Hall–Kier alpha value is -2.58. The first-order valence-corrected chi connectivity index (χ1v) is 11.0. The van der Waals surface area contributed by atoms with E-state index in [1.165, 1.54) is 11.8 Å². The third kappa shape index (κ3) is 3.86. The van der Waals surface area contributed by atoms with Crippen molar-refractivity contribution in [2.45, 2.75) is 35.5 Å². The summed E-state index contributed by atoms with van der Waals surface area (Å²) in [6, 6.07) is 2.02. The summed E-state index contributed by atoms with van der Waals surface area (Å²) in [5.41, 5.74) is 5.95. The van der Waals surface area contributed by atoms with E-state index in [4.69, 9.17) is 10.5 Å². The monoisotopic (exact) mass is 479 g/mol. The van der Waals surface area contributed by atoms with Crippen LogP contribution in [0.3, 0.4) is 0 Å². The average Bonchev–Trinajstić information content (AvgIpc) is 3.02. The maximum atomic E-state index is 14.3. The van der Waals surface area contributed by atoms with Crippen molar-refractivity contribution in [1.29, 1.82) is 0 Å². The summed E-state index contributed by atoms with van der Waals surface area (Å²) in [6.45, 7) is 0.720. The third-order valence-corrected chi connectivity index (χ3v) is 7.33. The first-order valence-electron chi connectivity index (χ1n) is 9.42. The second kappa shape index (κ2) is 7.78. The van der Waals surface area contributed by atoms with Gasteiger partial charge in [-0.3, -0.25) is 0 Å². The van der Waals surface area contributed by atoms with Crippen LogP contribution in [0.5, 0.6) is 0 Å². The number of sulfone groups is 1. The van der Waals surface area contributed by atoms with Gasteiger partial charge in [-0.15, -0.1) is 0 Å². The van der Waals surface area contributed by atoms with Crippen molar-refractivity contribution in [3.63, 3.8) is 0 Å². The van der Waals surface area contributed by atoms with E-state index in [9.17, 15) is 30.4 Å². The van der Waals surface area contributed by atoms with Gasteiger partial charge in [0.2, 0.25) is 0 Å². The van der Waals surface area contributed by atoms with Crippen molar-refractivity contribution >= 4 is 21.3 Å². The molecule has 1 saturated heterocycles. The number of nitrogens with one attached hydrogen (secondary N) is 1. The van der Waals surface area contributed by atoms with E-state index in [0.717, 1.165) is 12.1 Å². The number of hydrogen-bond acceptors (Lipinski definition) is 8. The highest BCUT2D eigenvalue weighted by molar-refractivity contribution is 7.91. The zero-order valence-electron chi connectivity index (χ0n) is 16.5. The highest BCUT2D eigenvalue weighted by Gasteiger charge is 2.47. The Morgan fingerprint density at radius 1 is 1.25 bits per heavy atom. The lowest BCUT2D eigenvalue weighted by atomic mass is 10.2. The number of alkyl halides is 3. The van der Waals surface area contributed by atoms with Crippen molar-refractivity contribution in [2.24, 2.45) is 5.73 Å². The van der Waals surface area contributed by atoms with E-state index in [-0.39, 0.29) is 36.2 Å². The highest BCUT2D eigenvalue weighted by Crippen LogP contribution is 2.44. The van der Waals surface area contributed by atoms with Gasteiger partial charge in [0.15, 0.2) is 21.8 Å². The fraction of sp³-hybridized carbons (Fsp3) is 0.444. The second-order valence-corrected chi connectivity index (χ2v) is 9.45. The molecule has 3 atom stereocenters. The number of morpholine rings is 1. The second-order valence-electron chi connectivity index (χ2n) is 7.41. The molecule has 3 N–H and O–H groups in total. The van der Waals surface area contributed by atoms with Gasteiger partial charge in [0.1, 0.15) is 33.3 Å². The zero-order chi connectivity index (χ0) is 23.4. The fourth-order valence-corrected chi connectivity index (χ4v) is 5.57. The summed E-state index contributed by atoms with van der Waals surface area (Å²) in [6.07, 6.45) is -7.95. The number of hydrogen-bond donors (Lipinski definition) is 2. The van der Waals surface area contributed by atoms with Crippen LogP contribution in [0.2, 0.25) is 0 Å². The number of rotatable bonds is 3. The SMILES string of the molecule is Cc1nc2c(c(N3CCO[C@@H](C(F)(F)F)C3)n1)NC(N)C2S(=O)(=O)c1ccc(F)cc1F. The molecule has 4 rings (SSSR count). The van der Waals surface area contributed by atoms with E-state index >= 15 is 0 Å². The van der Waals surface area contributed by atoms with Crippen LogP contribution in [0.25, 0.3) is 0 Å². The predicted octanol–water partition coefficient (Wildman–Crippen LogP) is 2.06. The molecule has 8 nitrogen and oxygen atoms in total. The average molecular weight is 479 g/mol. The van der Waals surface area contributed by atoms with E-state index in [1.807, 2.05) is 0 Å². The molecule has 3 heterocycles. The molecule has 1 fully saturated rings. The number of halogens is 5. The Labute approximate surface area is 179 Å². The van der Waals surface area contributed by atoms with Crippen molar-refractivity contribution in [3.8, 4) is 0 Å². The van der Waals surface area contributed by atoms with E-state index in [0.29, 0.717) is 6.07 Å². The molecular formula is C18H18F5N5O3S. The minimum atomic E-state index is -4.60. The van der Waals surface area contributed by atoms with Crippen LogP contribution in [0.15, 0.2) is 23.1 Å². The number of nitrogens with two attached hydrogens (primary N) is 1. The topological polar surface area (TPSA) is 110 Å². The van der Waals surface area contributed by atoms with Crippen molar-refractivity contribution < 1.29 is 35.1 Å². The number of anilines is 2. The minimum absolute atomic E-state index is 0.0396. The lowest BCUT2D eigenvalue weighted by Crippen LogP contribution is -2.49. The van der Waals surface area contributed by atoms with Crippen LogP contribution >= 0.6 is 0 Å². The molecule has 174 valence electrons. The number of aryl methyl sites for hydroxylation is 1. The van der Waals surface area contributed by atoms with Gasteiger partial charge in [0.25, 0.3) is 0 Å². The summed E-state index contributed by atoms with van der Waals surface area (Å²) in [5.74, 6) is -2.12. The van der Waals surface area contributed by atoms with Crippen LogP contribution < -0.4 is 16.0 Å². The van der Waals surface area contributed by atoms with Gasteiger partial charge in [-0.1, -0.05) is 0 Å². The normalized spacial score (nSPS) is 23.7. The first kappa shape index (κ1) is 22.6. The van der Waals surface area contributed by atoms with Crippen molar-refractivity contribution in [1.82, 2.24) is 9.97 Å². The largest absolute Gasteiger partial charge is 0.416 e. The molecule has 32 heavy (non-hydrogen) atoms. The van der Waals surface area contributed by atoms with Gasteiger partial charge in [-0.2, -0.15) is 13.2 Å². The lowest BCUT2D eigenvalue weighted by Gasteiger charge is -2.35. The molecule has 2 aliphatic rings. The molecule has 14 heteroatoms. The van der Waals surface area contributed by atoms with Crippen LogP contribution in [-0.4, -0.2) is 56.5 Å². The quantitative estimate of drug-likeness (QED) is 0.509. The Bertz CT molecular complexity index is 1160. The highest BCUT2D eigenvalue weighted by atomic mass is 32.2. The smallest absolute Gasteiger partial charge is 0.365 e. The summed E-state index contributed by atoms with van der Waals surface area (Å²) in [7, 11) is -4.49. The molecule has 0 radical (unpaired) electrons. The molecule has 2 unspecified atom stereocenters. The van der Waals surface area contributed by atoms with E-state index in [1.54, 1.807) is 0 Å². The third-order valence-electron chi connectivity index (χ3n) is 5.20. The maximum Gasteiger partial charge on any atom is 0.416 e. The van der Waals surface area contributed by atoms with Crippen LogP contribution in [0.4, 0.5) is 33.5 Å². The van der Waals surface area contributed by atoms with E-state index < -0.39 is 56.6 Å². The summed E-state index contributed by atoms with van der Waals surface area (Å²) < 4.78 is 98.2. The molecule has 0 aliphatic carbocycles. The fourth-order valence-electron chi connectivity index (χ4n) is 3.79. The number of aromatic nitrogens is 2. The van der Waals surface area contributed by atoms with Crippen molar-refractivity contribution in [2.75, 3.05) is 29.9 Å². The Morgan fingerprint density at radius 2 is 1.97 bits per heavy atom. The maximum absolute atomic E-state index is 14.3. The summed E-state index contributed by atoms with van der Waals surface area (Å²) >= 11 is 0. The van der Waals surface area contributed by atoms with Gasteiger partial charge >= 0.3 is 6.18 Å². The molecule has 0 saturated carbocycles. The van der Waals surface area contributed by atoms with Crippen LogP contribution in [0.1, 0.15) is 16.8 Å². The minimum Gasteiger partial charge on any atom is -0.365 e. The Balaban J connectivity index is 1.78. The lowest BCUT2D eigenvalue weighted by molar-refractivity contribution is -0.221. The molecular weight excluding hydrogens is 461 g/mol. The zero-order valence-corrected chi connectivity index (χ0v) is 17.3. The standard InChI is InChI=1S/C18H18F5N5O3S/c1-8-25-13-14(17(26-8)28-4-5-31-12(7-28)18(21,22)23)27-16(24)15(13)32(29,30)11-3-2-9(19)6-10(11)20/h2-3,6,12,15-16,27H,4-5,7,24H2,1H3/t12-,15?,16?/m1/s1. The van der Waals surface area contributed by atoms with Crippen molar-refractivity contribution in [3.05, 3.63) is 41.4 Å². The van der Waals surface area contributed by atoms with Gasteiger partial charge in [0, 0.05) is 12.6 Å². The first-order chi connectivity index (χ1) is 14.9. The summed E-state index contributed by atoms with van der Waals surface area (Å²) in [4.78, 5) is 8.87. The molecule has 2 aromatic rings. The Kier molecular flexibility index (Phi) is 5.49. The summed E-state index contributed by atoms with van der Waals surface area (Å²) in [5, 5.41) is 1.14. The number of fused-ring (bicyclic) bond motifs is 1. The Morgan fingerprint density at radius 3 is 2.62 bits per heavy atom. The van der Waals surface area contributed by atoms with E-state index in [2.05, 4.69) is 15.3 Å². The van der Waals surface area contributed by atoms with Gasteiger partial charge in [-0.25, -0.2) is 27.2 Å². The molecule has 2 aliphatic heterocycles. The number of nitrogens with zero attached hydrogens (tertiary/aromatic N) is 3. The molecule has 1 aromatic carbocycles. The van der Waals surface area contributed by atoms with Gasteiger partial charge in [-0.05, 0) is 19.1 Å². The predicted molar refractivity (Wildman–Crippen MR) is 103 cm³/mol. The molecule has 1 aromatic heterocycles.